The number of methoxy groups -OCH3 is 3. The number of halogens is 3. The lowest BCUT2D eigenvalue weighted by Gasteiger charge is -2.34. The summed E-state index contributed by atoms with van der Waals surface area (Å²) in [6.07, 6.45) is -4.81. The van der Waals surface area contributed by atoms with E-state index in [1.54, 1.807) is 0 Å². The molecule has 0 bridgehead atoms. The van der Waals surface area contributed by atoms with Gasteiger partial charge in [0.05, 0.1) is 31.8 Å². The molecule has 1 fully saturated rings. The van der Waals surface area contributed by atoms with Crippen LogP contribution in [-0.2, 0) is 16.2 Å². The van der Waals surface area contributed by atoms with Crippen molar-refractivity contribution in [3.63, 3.8) is 0 Å². The van der Waals surface area contributed by atoms with Crippen LogP contribution in [0, 0.1) is 0 Å². The molecule has 2 aromatic rings. The van der Waals surface area contributed by atoms with E-state index >= 15 is 0 Å². The summed E-state index contributed by atoms with van der Waals surface area (Å²) in [6, 6.07) is 7.00. The van der Waals surface area contributed by atoms with Crippen molar-refractivity contribution in [1.29, 1.82) is 0 Å². The lowest BCUT2D eigenvalue weighted by Crippen LogP contribution is -2.50. The van der Waals surface area contributed by atoms with Gasteiger partial charge in [-0.05, 0) is 24.3 Å². The van der Waals surface area contributed by atoms with Crippen molar-refractivity contribution in [2.45, 2.75) is 11.1 Å². The van der Waals surface area contributed by atoms with E-state index in [1.165, 1.54) is 44.4 Å². The van der Waals surface area contributed by atoms with Crippen LogP contribution in [-0.4, -0.2) is 71.0 Å². The molecular formula is C21H23F3N2O6S. The second-order valence-corrected chi connectivity index (χ2v) is 9.01. The molecule has 180 valence electrons. The maximum absolute atomic E-state index is 13.3. The van der Waals surface area contributed by atoms with Gasteiger partial charge >= 0.3 is 6.18 Å². The molecule has 1 aliphatic heterocycles. The predicted octanol–water partition coefficient (Wildman–Crippen LogP) is 2.88. The summed E-state index contributed by atoms with van der Waals surface area (Å²) in [6.45, 7) is -0.290. The second kappa shape index (κ2) is 9.48. The summed E-state index contributed by atoms with van der Waals surface area (Å²) in [4.78, 5) is 13.6. The number of rotatable bonds is 6. The molecule has 2 aromatic carbocycles. The van der Waals surface area contributed by atoms with Crippen LogP contribution in [0.2, 0.25) is 0 Å². The zero-order valence-electron chi connectivity index (χ0n) is 18.2. The van der Waals surface area contributed by atoms with E-state index in [1.807, 2.05) is 0 Å². The number of carbonyl (C=O) groups excluding carboxylic acids is 1. The first kappa shape index (κ1) is 24.6. The molecule has 0 aliphatic carbocycles. The van der Waals surface area contributed by atoms with Gasteiger partial charge in [-0.2, -0.15) is 17.5 Å². The summed E-state index contributed by atoms with van der Waals surface area (Å²) >= 11 is 0. The maximum atomic E-state index is 13.3. The van der Waals surface area contributed by atoms with E-state index in [0.717, 1.165) is 22.5 Å². The number of amides is 1. The molecule has 12 heteroatoms. The average molecular weight is 488 g/mol. The lowest BCUT2D eigenvalue weighted by molar-refractivity contribution is -0.139. The largest absolute Gasteiger partial charge is 0.493 e. The summed E-state index contributed by atoms with van der Waals surface area (Å²) in [5.41, 5.74) is -0.982. The Labute approximate surface area is 189 Å². The Kier molecular flexibility index (Phi) is 7.08. The molecule has 1 aliphatic rings. The minimum atomic E-state index is -4.81. The molecule has 0 spiro atoms. The number of ether oxygens (including phenoxy) is 3. The second-order valence-electron chi connectivity index (χ2n) is 7.10. The number of benzene rings is 2. The topological polar surface area (TPSA) is 85.4 Å². The first-order chi connectivity index (χ1) is 15.5. The highest BCUT2D eigenvalue weighted by Gasteiger charge is 2.40. The summed E-state index contributed by atoms with van der Waals surface area (Å²) in [5, 5.41) is 0. The van der Waals surface area contributed by atoms with Gasteiger partial charge in [-0.1, -0.05) is 12.1 Å². The smallest absolute Gasteiger partial charge is 0.417 e. The Balaban J connectivity index is 1.80. The number of sulfonamides is 1. The molecule has 0 atom stereocenters. The van der Waals surface area contributed by atoms with E-state index in [2.05, 4.69) is 0 Å². The van der Waals surface area contributed by atoms with Crippen LogP contribution < -0.4 is 14.2 Å². The van der Waals surface area contributed by atoms with Gasteiger partial charge < -0.3 is 19.1 Å². The van der Waals surface area contributed by atoms with Gasteiger partial charge in [-0.15, -0.1) is 0 Å². The van der Waals surface area contributed by atoms with Gasteiger partial charge in [0.15, 0.2) is 11.5 Å². The molecule has 0 aromatic heterocycles. The van der Waals surface area contributed by atoms with Crippen LogP contribution in [0.1, 0.15) is 15.9 Å². The molecule has 8 nitrogen and oxygen atoms in total. The fourth-order valence-corrected chi connectivity index (χ4v) is 5.22. The van der Waals surface area contributed by atoms with E-state index in [0.29, 0.717) is 5.75 Å². The van der Waals surface area contributed by atoms with Gasteiger partial charge in [0.25, 0.3) is 5.91 Å². The fourth-order valence-electron chi connectivity index (χ4n) is 3.58. The highest BCUT2D eigenvalue weighted by Crippen LogP contribution is 2.39. The Morgan fingerprint density at radius 3 is 1.94 bits per heavy atom. The van der Waals surface area contributed by atoms with E-state index < -0.39 is 32.6 Å². The third-order valence-electron chi connectivity index (χ3n) is 5.25. The Morgan fingerprint density at radius 2 is 1.45 bits per heavy atom. The van der Waals surface area contributed by atoms with E-state index in [4.69, 9.17) is 14.2 Å². The van der Waals surface area contributed by atoms with Crippen molar-refractivity contribution in [3.8, 4) is 17.2 Å². The van der Waals surface area contributed by atoms with Crippen LogP contribution in [0.5, 0.6) is 17.2 Å². The zero-order chi connectivity index (χ0) is 24.4. The van der Waals surface area contributed by atoms with Crippen LogP contribution >= 0.6 is 0 Å². The zero-order valence-corrected chi connectivity index (χ0v) is 19.0. The molecule has 0 radical (unpaired) electrons. The van der Waals surface area contributed by atoms with Gasteiger partial charge in [-0.3, -0.25) is 4.79 Å². The summed E-state index contributed by atoms with van der Waals surface area (Å²) < 4.78 is 82.5. The average Bonchev–Trinajstić information content (AvgIpc) is 2.82. The fraction of sp³-hybridized carbons (Fsp3) is 0.381. The third kappa shape index (κ3) is 4.86. The standard InChI is InChI=1S/C21H23F3N2O6S/c1-30-16-12-14(13-17(31-2)19(16)32-3)20(27)25-8-10-26(11-9-25)33(28,29)18-7-5-4-6-15(18)21(22,23)24/h4-7,12-13H,8-11H2,1-3H3. The highest BCUT2D eigenvalue weighted by molar-refractivity contribution is 7.89. The Morgan fingerprint density at radius 1 is 0.909 bits per heavy atom. The van der Waals surface area contributed by atoms with Gasteiger partial charge in [0.2, 0.25) is 15.8 Å². The number of piperazine rings is 1. The van der Waals surface area contributed by atoms with Crippen molar-refractivity contribution < 1.29 is 40.6 Å². The van der Waals surface area contributed by atoms with Crippen LogP contribution in [0.4, 0.5) is 13.2 Å². The van der Waals surface area contributed by atoms with Crippen molar-refractivity contribution in [1.82, 2.24) is 9.21 Å². The van der Waals surface area contributed by atoms with Gasteiger partial charge in [0, 0.05) is 31.7 Å². The molecule has 1 heterocycles. The quantitative estimate of drug-likeness (QED) is 0.622. The molecular weight excluding hydrogens is 465 g/mol. The van der Waals surface area contributed by atoms with Gasteiger partial charge in [0.1, 0.15) is 0 Å². The van der Waals surface area contributed by atoms with Crippen LogP contribution in [0.15, 0.2) is 41.3 Å². The molecule has 0 saturated carbocycles. The minimum absolute atomic E-state index is 0.00289. The number of nitrogens with zero attached hydrogens (tertiary/aromatic N) is 2. The molecule has 0 unspecified atom stereocenters. The maximum Gasteiger partial charge on any atom is 0.417 e. The lowest BCUT2D eigenvalue weighted by atomic mass is 10.1. The minimum Gasteiger partial charge on any atom is -0.493 e. The van der Waals surface area contributed by atoms with Gasteiger partial charge in [-0.25, -0.2) is 8.42 Å². The number of hydrogen-bond donors (Lipinski definition) is 0. The number of hydrogen-bond acceptors (Lipinski definition) is 6. The monoisotopic (exact) mass is 488 g/mol. The molecule has 0 N–H and O–H groups in total. The number of alkyl halides is 3. The van der Waals surface area contributed by atoms with E-state index in [9.17, 15) is 26.4 Å². The molecule has 3 rings (SSSR count). The molecule has 1 amide bonds. The highest BCUT2D eigenvalue weighted by atomic mass is 32.2. The normalized spacial score (nSPS) is 15.3. The Bertz CT molecular complexity index is 1100. The van der Waals surface area contributed by atoms with Crippen molar-refractivity contribution in [2.24, 2.45) is 0 Å². The summed E-state index contributed by atoms with van der Waals surface area (Å²) in [5.74, 6) is 0.480. The third-order valence-corrected chi connectivity index (χ3v) is 7.20. The Hall–Kier alpha value is -2.99. The summed E-state index contributed by atoms with van der Waals surface area (Å²) in [7, 11) is -0.151. The van der Waals surface area contributed by atoms with Crippen molar-refractivity contribution >= 4 is 15.9 Å². The molecule has 33 heavy (non-hydrogen) atoms. The van der Waals surface area contributed by atoms with Crippen molar-refractivity contribution in [2.75, 3.05) is 47.5 Å². The van der Waals surface area contributed by atoms with Crippen molar-refractivity contribution in [3.05, 3.63) is 47.5 Å². The van der Waals surface area contributed by atoms with Crippen LogP contribution in [0.25, 0.3) is 0 Å². The first-order valence-corrected chi connectivity index (χ1v) is 11.2. The molecule has 1 saturated heterocycles. The van der Waals surface area contributed by atoms with Crippen LogP contribution in [0.3, 0.4) is 0 Å². The predicted molar refractivity (Wildman–Crippen MR) is 112 cm³/mol. The SMILES string of the molecule is COc1cc(C(=O)N2CCN(S(=O)(=O)c3ccccc3C(F)(F)F)CC2)cc(OC)c1OC. The van der Waals surface area contributed by atoms with E-state index in [-0.39, 0.29) is 43.2 Å². The first-order valence-electron chi connectivity index (χ1n) is 9.80. The number of carbonyl (C=O) groups is 1.